The highest BCUT2D eigenvalue weighted by molar-refractivity contribution is 5.80. The summed E-state index contributed by atoms with van der Waals surface area (Å²) in [6, 6.07) is 3.16. The van der Waals surface area contributed by atoms with Crippen LogP contribution in [0.5, 0.6) is 0 Å². The Bertz CT molecular complexity index is 792. The first kappa shape index (κ1) is 17.5. The molecule has 1 amide bonds. The zero-order chi connectivity index (χ0) is 18.0. The minimum absolute atomic E-state index is 0.00169. The molecule has 1 N–H and O–H groups in total. The Kier molecular flexibility index (Phi) is 5.06. The van der Waals surface area contributed by atoms with Crippen LogP contribution in [0.2, 0.25) is 0 Å². The standard InChI is InChI=1S/C19H26N4O2/c1-13(2)11-17(23-10-9-20-12-23)19(25)21-15-5-4-6-16-14(15)7-8-18(24)22(16)3/h7-10,12-13,15,17H,4-6,11H2,1-3H3,(H,21,25). The monoisotopic (exact) mass is 342 g/mol. The average Bonchev–Trinajstić information content (AvgIpc) is 3.10. The van der Waals surface area contributed by atoms with Gasteiger partial charge in [-0.05, 0) is 43.2 Å². The number of rotatable bonds is 5. The number of hydrogen-bond donors (Lipinski definition) is 1. The van der Waals surface area contributed by atoms with Gasteiger partial charge in [0, 0.05) is 31.2 Å². The Morgan fingerprint density at radius 3 is 2.88 bits per heavy atom. The highest BCUT2D eigenvalue weighted by Crippen LogP contribution is 2.29. The molecule has 2 atom stereocenters. The smallest absolute Gasteiger partial charge is 0.250 e. The Hall–Kier alpha value is -2.37. The molecular formula is C19H26N4O2. The summed E-state index contributed by atoms with van der Waals surface area (Å²) in [6.07, 6.45) is 8.74. The van der Waals surface area contributed by atoms with E-state index in [-0.39, 0.29) is 23.6 Å². The van der Waals surface area contributed by atoms with Crippen LogP contribution in [0.1, 0.15) is 56.5 Å². The number of hydrogen-bond acceptors (Lipinski definition) is 3. The van der Waals surface area contributed by atoms with E-state index < -0.39 is 0 Å². The molecule has 0 aromatic carbocycles. The summed E-state index contributed by atoms with van der Waals surface area (Å²) in [6.45, 7) is 4.23. The summed E-state index contributed by atoms with van der Waals surface area (Å²) in [7, 11) is 1.80. The van der Waals surface area contributed by atoms with Crippen molar-refractivity contribution in [2.24, 2.45) is 13.0 Å². The van der Waals surface area contributed by atoms with Crippen molar-refractivity contribution in [2.45, 2.75) is 51.6 Å². The van der Waals surface area contributed by atoms with Gasteiger partial charge in [0.15, 0.2) is 0 Å². The van der Waals surface area contributed by atoms with Gasteiger partial charge in [-0.15, -0.1) is 0 Å². The number of imidazole rings is 1. The van der Waals surface area contributed by atoms with E-state index in [9.17, 15) is 9.59 Å². The van der Waals surface area contributed by atoms with E-state index in [1.165, 1.54) is 0 Å². The Morgan fingerprint density at radius 1 is 1.40 bits per heavy atom. The van der Waals surface area contributed by atoms with Gasteiger partial charge in [-0.25, -0.2) is 4.98 Å². The molecule has 0 aliphatic heterocycles. The Morgan fingerprint density at radius 2 is 2.20 bits per heavy atom. The van der Waals surface area contributed by atoms with Crippen molar-refractivity contribution in [1.29, 1.82) is 0 Å². The van der Waals surface area contributed by atoms with Crippen molar-refractivity contribution in [3.8, 4) is 0 Å². The number of fused-ring (bicyclic) bond motifs is 1. The van der Waals surface area contributed by atoms with E-state index in [0.717, 1.165) is 36.9 Å². The second kappa shape index (κ2) is 7.25. The number of amides is 1. The SMILES string of the molecule is CC(C)CC(C(=O)NC1CCCc2c1ccc(=O)n2C)n1ccnc1. The molecule has 1 aliphatic rings. The van der Waals surface area contributed by atoms with Crippen LogP contribution in [-0.4, -0.2) is 20.0 Å². The van der Waals surface area contributed by atoms with Crippen LogP contribution in [-0.2, 0) is 18.3 Å². The lowest BCUT2D eigenvalue weighted by molar-refractivity contribution is -0.125. The van der Waals surface area contributed by atoms with E-state index in [1.807, 2.05) is 16.8 Å². The number of pyridine rings is 1. The molecule has 0 saturated carbocycles. The minimum Gasteiger partial charge on any atom is -0.347 e. The fourth-order valence-electron chi connectivity index (χ4n) is 3.64. The topological polar surface area (TPSA) is 68.9 Å². The maximum absolute atomic E-state index is 13.0. The lowest BCUT2D eigenvalue weighted by Gasteiger charge is -2.29. The van der Waals surface area contributed by atoms with Gasteiger partial charge >= 0.3 is 0 Å². The number of nitrogens with one attached hydrogen (secondary N) is 1. The predicted octanol–water partition coefficient (Wildman–Crippen LogP) is 2.36. The third kappa shape index (κ3) is 3.67. The quantitative estimate of drug-likeness (QED) is 0.907. The predicted molar refractivity (Wildman–Crippen MR) is 96.2 cm³/mol. The largest absolute Gasteiger partial charge is 0.347 e. The van der Waals surface area contributed by atoms with Crippen molar-refractivity contribution >= 4 is 5.91 Å². The van der Waals surface area contributed by atoms with Crippen LogP contribution in [0.25, 0.3) is 0 Å². The van der Waals surface area contributed by atoms with Gasteiger partial charge in [0.25, 0.3) is 0 Å². The molecule has 1 aliphatic carbocycles. The maximum atomic E-state index is 13.0. The molecule has 2 unspecified atom stereocenters. The Balaban J connectivity index is 1.83. The van der Waals surface area contributed by atoms with Gasteiger partial charge in [-0.3, -0.25) is 9.59 Å². The number of carbonyl (C=O) groups is 1. The van der Waals surface area contributed by atoms with Gasteiger partial charge in [0.2, 0.25) is 11.5 Å². The summed E-state index contributed by atoms with van der Waals surface area (Å²) >= 11 is 0. The van der Waals surface area contributed by atoms with Crippen molar-refractivity contribution in [3.05, 3.63) is 52.5 Å². The zero-order valence-corrected chi connectivity index (χ0v) is 15.1. The molecule has 25 heavy (non-hydrogen) atoms. The molecule has 0 radical (unpaired) electrons. The molecule has 2 aromatic rings. The molecule has 0 spiro atoms. The second-order valence-electron chi connectivity index (χ2n) is 7.24. The first-order valence-corrected chi connectivity index (χ1v) is 8.94. The van der Waals surface area contributed by atoms with Crippen molar-refractivity contribution in [2.75, 3.05) is 0 Å². The van der Waals surface area contributed by atoms with Gasteiger partial charge in [0.05, 0.1) is 12.4 Å². The van der Waals surface area contributed by atoms with E-state index in [4.69, 9.17) is 0 Å². The minimum atomic E-state index is -0.264. The summed E-state index contributed by atoms with van der Waals surface area (Å²) in [5, 5.41) is 3.21. The van der Waals surface area contributed by atoms with Gasteiger partial charge in [-0.2, -0.15) is 0 Å². The first-order chi connectivity index (χ1) is 12.0. The van der Waals surface area contributed by atoms with Crippen LogP contribution in [0.4, 0.5) is 0 Å². The van der Waals surface area contributed by atoms with Crippen LogP contribution in [0, 0.1) is 5.92 Å². The zero-order valence-electron chi connectivity index (χ0n) is 15.1. The molecule has 0 fully saturated rings. The molecular weight excluding hydrogens is 316 g/mol. The van der Waals surface area contributed by atoms with Crippen LogP contribution in [0.15, 0.2) is 35.6 Å². The maximum Gasteiger partial charge on any atom is 0.250 e. The Labute approximate surface area is 147 Å². The molecule has 2 heterocycles. The van der Waals surface area contributed by atoms with Crippen molar-refractivity contribution in [3.63, 3.8) is 0 Å². The molecule has 0 bridgehead atoms. The summed E-state index contributed by atoms with van der Waals surface area (Å²) in [4.78, 5) is 28.9. The number of nitrogens with zero attached hydrogens (tertiary/aromatic N) is 3. The van der Waals surface area contributed by atoms with Gasteiger partial charge < -0.3 is 14.5 Å². The van der Waals surface area contributed by atoms with Crippen molar-refractivity contribution < 1.29 is 4.79 Å². The number of carbonyl (C=O) groups excluding carboxylic acids is 1. The first-order valence-electron chi connectivity index (χ1n) is 8.94. The highest BCUT2D eigenvalue weighted by Gasteiger charge is 2.28. The lowest BCUT2D eigenvalue weighted by atomic mass is 9.90. The second-order valence-corrected chi connectivity index (χ2v) is 7.24. The lowest BCUT2D eigenvalue weighted by Crippen LogP contribution is -2.38. The fourth-order valence-corrected chi connectivity index (χ4v) is 3.64. The molecule has 0 saturated heterocycles. The van der Waals surface area contributed by atoms with Crippen LogP contribution >= 0.6 is 0 Å². The average molecular weight is 342 g/mol. The van der Waals surface area contributed by atoms with E-state index in [2.05, 4.69) is 24.1 Å². The summed E-state index contributed by atoms with van der Waals surface area (Å²) < 4.78 is 3.58. The molecule has 6 nitrogen and oxygen atoms in total. The van der Waals surface area contributed by atoms with E-state index in [1.54, 1.807) is 30.2 Å². The fraction of sp³-hybridized carbons (Fsp3) is 0.526. The summed E-state index contributed by atoms with van der Waals surface area (Å²) in [5.41, 5.74) is 2.10. The molecule has 2 aromatic heterocycles. The summed E-state index contributed by atoms with van der Waals surface area (Å²) in [5.74, 6) is 0.413. The van der Waals surface area contributed by atoms with E-state index >= 15 is 0 Å². The van der Waals surface area contributed by atoms with E-state index in [0.29, 0.717) is 5.92 Å². The van der Waals surface area contributed by atoms with Crippen LogP contribution < -0.4 is 10.9 Å². The third-order valence-electron chi connectivity index (χ3n) is 4.95. The van der Waals surface area contributed by atoms with Gasteiger partial charge in [-0.1, -0.05) is 13.8 Å². The molecule has 3 rings (SSSR count). The van der Waals surface area contributed by atoms with Gasteiger partial charge in [0.1, 0.15) is 6.04 Å². The molecule has 134 valence electrons. The molecule has 6 heteroatoms. The normalized spacial score (nSPS) is 18.0. The highest BCUT2D eigenvalue weighted by atomic mass is 16.2. The van der Waals surface area contributed by atoms with Crippen molar-refractivity contribution in [1.82, 2.24) is 19.4 Å². The van der Waals surface area contributed by atoms with Crippen LogP contribution in [0.3, 0.4) is 0 Å². The third-order valence-corrected chi connectivity index (χ3v) is 4.95. The number of aromatic nitrogens is 3.